The lowest BCUT2D eigenvalue weighted by molar-refractivity contribution is 0.0699. The molecule has 1 heterocycles. The number of anilines is 1. The Morgan fingerprint density at radius 2 is 2.26 bits per heavy atom. The minimum Gasteiger partial charge on any atom is -0.494 e. The Bertz CT molecular complexity index is 620. The Hall–Kier alpha value is -2.50. The highest BCUT2D eigenvalue weighted by molar-refractivity contribution is 5.99. The number of aromatic amines is 1. The van der Waals surface area contributed by atoms with Crippen LogP contribution in [0.4, 0.5) is 5.82 Å². The first-order chi connectivity index (χ1) is 9.04. The number of nitrogens with one attached hydrogen (secondary N) is 1. The molecule has 1 aromatic heterocycles. The molecule has 0 atom stereocenters. The molecule has 0 spiro atoms. The van der Waals surface area contributed by atoms with Crippen molar-refractivity contribution >= 4 is 11.8 Å². The maximum atomic E-state index is 11.2. The normalized spacial score (nSPS) is 10.4. The first-order valence-electron chi connectivity index (χ1n) is 5.85. The van der Waals surface area contributed by atoms with Crippen molar-refractivity contribution in [3.8, 4) is 17.0 Å². The average molecular weight is 261 g/mol. The van der Waals surface area contributed by atoms with Crippen LogP contribution in [0, 0.1) is 6.92 Å². The summed E-state index contributed by atoms with van der Waals surface area (Å²) in [6.07, 6.45) is 0. The number of carboxylic acid groups (broad SMARTS) is 1. The van der Waals surface area contributed by atoms with Crippen molar-refractivity contribution in [2.45, 2.75) is 13.8 Å². The third-order valence-corrected chi connectivity index (χ3v) is 2.77. The number of benzene rings is 1. The summed E-state index contributed by atoms with van der Waals surface area (Å²) in [6, 6.07) is 5.42. The van der Waals surface area contributed by atoms with Gasteiger partial charge in [-0.3, -0.25) is 5.10 Å². The van der Waals surface area contributed by atoms with Crippen LogP contribution >= 0.6 is 0 Å². The fourth-order valence-electron chi connectivity index (χ4n) is 1.90. The van der Waals surface area contributed by atoms with Crippen LogP contribution in [0.25, 0.3) is 11.3 Å². The first kappa shape index (κ1) is 12.9. The van der Waals surface area contributed by atoms with E-state index >= 15 is 0 Å². The van der Waals surface area contributed by atoms with Crippen LogP contribution in [0.3, 0.4) is 0 Å². The van der Waals surface area contributed by atoms with Crippen LogP contribution in [0.15, 0.2) is 18.2 Å². The van der Waals surface area contributed by atoms with E-state index in [1.807, 2.05) is 19.9 Å². The molecule has 0 unspecified atom stereocenters. The summed E-state index contributed by atoms with van der Waals surface area (Å²) in [5, 5.41) is 15.5. The van der Waals surface area contributed by atoms with Crippen molar-refractivity contribution in [3.63, 3.8) is 0 Å². The van der Waals surface area contributed by atoms with Gasteiger partial charge < -0.3 is 15.6 Å². The fourth-order valence-corrected chi connectivity index (χ4v) is 1.90. The van der Waals surface area contributed by atoms with Gasteiger partial charge in [0.2, 0.25) is 0 Å². The van der Waals surface area contributed by atoms with Gasteiger partial charge in [-0.15, -0.1) is 0 Å². The van der Waals surface area contributed by atoms with Crippen LogP contribution < -0.4 is 10.5 Å². The number of nitrogens with two attached hydrogens (primary N) is 1. The summed E-state index contributed by atoms with van der Waals surface area (Å²) < 4.78 is 5.44. The summed E-state index contributed by atoms with van der Waals surface area (Å²) in [7, 11) is 0. The highest BCUT2D eigenvalue weighted by atomic mass is 16.5. The summed E-state index contributed by atoms with van der Waals surface area (Å²) in [5.41, 5.74) is 7.57. The minimum absolute atomic E-state index is 0.0106. The Balaban J connectivity index is 2.48. The fraction of sp³-hybridized carbons (Fsp3) is 0.231. The molecule has 100 valence electrons. The Morgan fingerprint density at radius 1 is 1.53 bits per heavy atom. The van der Waals surface area contributed by atoms with E-state index in [0.29, 0.717) is 17.9 Å². The largest absolute Gasteiger partial charge is 0.494 e. The Labute approximate surface area is 110 Å². The number of aromatic carboxylic acids is 1. The number of carbonyl (C=O) groups is 1. The average Bonchev–Trinajstić information content (AvgIpc) is 2.74. The van der Waals surface area contributed by atoms with E-state index in [1.165, 1.54) is 0 Å². The molecule has 0 aliphatic carbocycles. The lowest BCUT2D eigenvalue weighted by Crippen LogP contribution is -2.02. The van der Waals surface area contributed by atoms with Crippen molar-refractivity contribution in [2.24, 2.45) is 0 Å². The van der Waals surface area contributed by atoms with E-state index in [-0.39, 0.29) is 11.4 Å². The first-order valence-corrected chi connectivity index (χ1v) is 5.85. The van der Waals surface area contributed by atoms with E-state index in [9.17, 15) is 4.79 Å². The van der Waals surface area contributed by atoms with Gasteiger partial charge in [0, 0.05) is 5.56 Å². The summed E-state index contributed by atoms with van der Waals surface area (Å²) in [6.45, 7) is 4.39. The number of nitrogens with zero attached hydrogens (tertiary/aromatic N) is 1. The quantitative estimate of drug-likeness (QED) is 0.782. The zero-order chi connectivity index (χ0) is 14.0. The van der Waals surface area contributed by atoms with Crippen molar-refractivity contribution in [1.29, 1.82) is 0 Å². The molecule has 0 aliphatic heterocycles. The standard InChI is InChI=1S/C13H15N3O3/c1-3-19-9-5-4-8(6-7(9)2)11-10(13(17)18)12(14)16-15-11/h4-6H,3H2,1-2H3,(H,17,18)(H3,14,15,16). The van der Waals surface area contributed by atoms with Gasteiger partial charge in [-0.2, -0.15) is 5.10 Å². The summed E-state index contributed by atoms with van der Waals surface area (Å²) in [5.74, 6) is -0.350. The van der Waals surface area contributed by atoms with Crippen molar-refractivity contribution in [1.82, 2.24) is 10.2 Å². The lowest BCUT2D eigenvalue weighted by atomic mass is 10.0. The van der Waals surface area contributed by atoms with Crippen LogP contribution in [-0.2, 0) is 0 Å². The predicted molar refractivity (Wildman–Crippen MR) is 71.3 cm³/mol. The van der Waals surface area contributed by atoms with E-state index < -0.39 is 5.97 Å². The number of aryl methyl sites for hydroxylation is 1. The van der Waals surface area contributed by atoms with E-state index in [1.54, 1.807) is 12.1 Å². The maximum absolute atomic E-state index is 11.2. The molecule has 2 aromatic rings. The number of nitrogen functional groups attached to an aromatic ring is 1. The predicted octanol–water partition coefficient (Wildman–Crippen LogP) is 2.06. The molecule has 1 aromatic carbocycles. The second-order valence-electron chi connectivity index (χ2n) is 4.08. The number of hydrogen-bond donors (Lipinski definition) is 3. The van der Waals surface area contributed by atoms with E-state index in [0.717, 1.165) is 11.3 Å². The number of rotatable bonds is 4. The zero-order valence-electron chi connectivity index (χ0n) is 10.7. The minimum atomic E-state index is -1.10. The van der Waals surface area contributed by atoms with Gasteiger partial charge >= 0.3 is 5.97 Å². The monoisotopic (exact) mass is 261 g/mol. The number of carboxylic acids is 1. The molecule has 0 fully saturated rings. The van der Waals surface area contributed by atoms with E-state index in [4.69, 9.17) is 15.6 Å². The third-order valence-electron chi connectivity index (χ3n) is 2.77. The van der Waals surface area contributed by atoms with Crippen LogP contribution in [-0.4, -0.2) is 27.9 Å². The molecule has 0 aliphatic rings. The number of H-pyrrole nitrogens is 1. The highest BCUT2D eigenvalue weighted by Gasteiger charge is 2.19. The molecule has 6 nitrogen and oxygen atoms in total. The summed E-state index contributed by atoms with van der Waals surface area (Å²) in [4.78, 5) is 11.2. The lowest BCUT2D eigenvalue weighted by Gasteiger charge is -2.08. The number of hydrogen-bond acceptors (Lipinski definition) is 4. The molecule has 0 radical (unpaired) electrons. The molecule has 2 rings (SSSR count). The number of aromatic nitrogens is 2. The smallest absolute Gasteiger partial charge is 0.341 e. The van der Waals surface area contributed by atoms with Gasteiger partial charge in [0.25, 0.3) is 0 Å². The van der Waals surface area contributed by atoms with Crippen molar-refractivity contribution in [3.05, 3.63) is 29.3 Å². The zero-order valence-corrected chi connectivity index (χ0v) is 10.7. The van der Waals surface area contributed by atoms with Crippen LogP contribution in [0.5, 0.6) is 5.75 Å². The van der Waals surface area contributed by atoms with Crippen LogP contribution in [0.2, 0.25) is 0 Å². The van der Waals surface area contributed by atoms with Gasteiger partial charge in [0.05, 0.1) is 12.3 Å². The van der Waals surface area contributed by atoms with E-state index in [2.05, 4.69) is 10.2 Å². The molecular weight excluding hydrogens is 246 g/mol. The molecule has 0 bridgehead atoms. The SMILES string of the molecule is CCOc1ccc(-c2[nH]nc(N)c2C(=O)O)cc1C. The van der Waals surface area contributed by atoms with Crippen LogP contribution in [0.1, 0.15) is 22.8 Å². The second kappa shape index (κ2) is 5.01. The van der Waals surface area contributed by atoms with Gasteiger partial charge in [0.1, 0.15) is 11.3 Å². The van der Waals surface area contributed by atoms with Crippen molar-refractivity contribution in [2.75, 3.05) is 12.3 Å². The number of ether oxygens (including phenoxy) is 1. The molecule has 0 amide bonds. The molecule has 0 saturated heterocycles. The Morgan fingerprint density at radius 3 is 2.84 bits per heavy atom. The van der Waals surface area contributed by atoms with Gasteiger partial charge in [-0.1, -0.05) is 0 Å². The molecule has 4 N–H and O–H groups in total. The van der Waals surface area contributed by atoms with Gasteiger partial charge in [0.15, 0.2) is 5.82 Å². The molecule has 19 heavy (non-hydrogen) atoms. The van der Waals surface area contributed by atoms with Gasteiger partial charge in [-0.05, 0) is 37.6 Å². The van der Waals surface area contributed by atoms with Crippen molar-refractivity contribution < 1.29 is 14.6 Å². The van der Waals surface area contributed by atoms with Gasteiger partial charge in [-0.25, -0.2) is 4.79 Å². The topological polar surface area (TPSA) is 101 Å². The summed E-state index contributed by atoms with van der Waals surface area (Å²) >= 11 is 0. The molecular formula is C13H15N3O3. The molecule has 6 heteroatoms. The second-order valence-corrected chi connectivity index (χ2v) is 4.08. The molecule has 0 saturated carbocycles. The highest BCUT2D eigenvalue weighted by Crippen LogP contribution is 2.29. The third kappa shape index (κ3) is 2.37. The Kier molecular flexibility index (Phi) is 3.41. The maximum Gasteiger partial charge on any atom is 0.341 e.